The first kappa shape index (κ1) is 17.5. The molecule has 0 aliphatic carbocycles. The standard InChI is InChI=1S/C20H18I2O2/c1-23-19-11-7-17(8-12-19)21-15-3-5-16(6-4-15)22-18-9-13-20(24-2)14-10-18/h3-14H,1-2H3/q-2. The summed E-state index contributed by atoms with van der Waals surface area (Å²) >= 11 is -0.259. The molecule has 0 fully saturated rings. The Balaban J connectivity index is 1.63. The van der Waals surface area contributed by atoms with E-state index in [1.165, 1.54) is 14.3 Å². The molecular formula is C20H18I2O2-2. The van der Waals surface area contributed by atoms with E-state index in [0.717, 1.165) is 11.5 Å². The van der Waals surface area contributed by atoms with Crippen LogP contribution in [-0.4, -0.2) is 14.2 Å². The average molecular weight is 544 g/mol. The molecule has 2 nitrogen and oxygen atoms in total. The van der Waals surface area contributed by atoms with Gasteiger partial charge in [0.1, 0.15) is 0 Å². The summed E-state index contributed by atoms with van der Waals surface area (Å²) in [7, 11) is 3.41. The fourth-order valence-corrected chi connectivity index (χ4v) is 6.39. The minimum atomic E-state index is -0.129. The summed E-state index contributed by atoms with van der Waals surface area (Å²) in [6.07, 6.45) is 0. The monoisotopic (exact) mass is 544 g/mol. The van der Waals surface area contributed by atoms with Crippen molar-refractivity contribution >= 4 is 0 Å². The van der Waals surface area contributed by atoms with Crippen LogP contribution in [0.4, 0.5) is 0 Å². The van der Waals surface area contributed by atoms with E-state index >= 15 is 0 Å². The van der Waals surface area contributed by atoms with E-state index in [1.807, 2.05) is 24.3 Å². The Morgan fingerprint density at radius 1 is 0.458 bits per heavy atom. The van der Waals surface area contributed by atoms with Gasteiger partial charge >= 0.3 is 165 Å². The first-order valence-electron chi connectivity index (χ1n) is 7.44. The fraction of sp³-hybridized carbons (Fsp3) is 0.100. The summed E-state index contributed by atoms with van der Waals surface area (Å²) in [5.74, 6) is 1.84. The van der Waals surface area contributed by atoms with Gasteiger partial charge in [0.25, 0.3) is 0 Å². The molecule has 0 heterocycles. The molecule has 0 aliphatic heterocycles. The topological polar surface area (TPSA) is 18.5 Å². The van der Waals surface area contributed by atoms with Crippen LogP contribution in [-0.2, 0) is 0 Å². The van der Waals surface area contributed by atoms with Gasteiger partial charge in [0, 0.05) is 0 Å². The summed E-state index contributed by atoms with van der Waals surface area (Å²) < 4.78 is 16.1. The normalized spacial score (nSPS) is 10.8. The third-order valence-electron chi connectivity index (χ3n) is 3.34. The van der Waals surface area contributed by atoms with Crippen LogP contribution in [0.25, 0.3) is 0 Å². The van der Waals surface area contributed by atoms with E-state index < -0.39 is 0 Å². The number of benzene rings is 3. The second-order valence-electron chi connectivity index (χ2n) is 4.94. The van der Waals surface area contributed by atoms with Gasteiger partial charge in [0.15, 0.2) is 0 Å². The minimum absolute atomic E-state index is 0.129. The Labute approximate surface area is 163 Å². The second-order valence-corrected chi connectivity index (χ2v) is 11.0. The van der Waals surface area contributed by atoms with Crippen molar-refractivity contribution in [2.24, 2.45) is 0 Å². The van der Waals surface area contributed by atoms with Crippen molar-refractivity contribution in [3.05, 3.63) is 87.1 Å². The molecule has 3 aromatic rings. The van der Waals surface area contributed by atoms with Crippen molar-refractivity contribution in [2.75, 3.05) is 14.2 Å². The molecule has 0 atom stereocenters. The van der Waals surface area contributed by atoms with Gasteiger partial charge in [0.05, 0.1) is 0 Å². The first-order valence-corrected chi connectivity index (χ1v) is 11.8. The fourth-order valence-electron chi connectivity index (χ4n) is 2.07. The number of hydrogen-bond donors (Lipinski definition) is 0. The third-order valence-corrected chi connectivity index (χ3v) is 8.71. The molecule has 126 valence electrons. The molecule has 4 heteroatoms. The first-order chi connectivity index (χ1) is 11.8. The van der Waals surface area contributed by atoms with Crippen LogP contribution in [0.5, 0.6) is 11.5 Å². The zero-order valence-corrected chi connectivity index (χ0v) is 17.8. The molecule has 3 rings (SSSR count). The van der Waals surface area contributed by atoms with Crippen LogP contribution in [0, 0.1) is 14.3 Å². The zero-order valence-electron chi connectivity index (χ0n) is 13.5. The maximum atomic E-state index is 5.21. The van der Waals surface area contributed by atoms with E-state index in [2.05, 4.69) is 48.5 Å². The van der Waals surface area contributed by atoms with E-state index in [9.17, 15) is 0 Å². The Hall–Kier alpha value is -1.28. The number of methoxy groups -OCH3 is 2. The SMILES string of the molecule is COc1ccc([I-]c2ccc([I-]c3ccc(OC)cc3)cc2)cc1. The summed E-state index contributed by atoms with van der Waals surface area (Å²) in [6, 6.07) is 26.0. The van der Waals surface area contributed by atoms with Gasteiger partial charge in [0.2, 0.25) is 0 Å². The third kappa shape index (κ3) is 4.86. The molecule has 0 saturated heterocycles. The maximum absolute atomic E-state index is 5.21. The quantitative estimate of drug-likeness (QED) is 0.334. The van der Waals surface area contributed by atoms with Crippen LogP contribution in [0.3, 0.4) is 0 Å². The van der Waals surface area contributed by atoms with Crippen LogP contribution < -0.4 is 51.9 Å². The predicted molar refractivity (Wildman–Crippen MR) is 87.2 cm³/mol. The molecule has 3 aromatic carbocycles. The Bertz CT molecular complexity index is 698. The number of ether oxygens (including phenoxy) is 2. The van der Waals surface area contributed by atoms with Crippen LogP contribution in [0.15, 0.2) is 72.8 Å². The molecule has 0 radical (unpaired) electrons. The molecule has 0 aliphatic rings. The Morgan fingerprint density at radius 2 is 0.708 bits per heavy atom. The van der Waals surface area contributed by atoms with Crippen molar-refractivity contribution in [3.63, 3.8) is 0 Å². The van der Waals surface area contributed by atoms with Crippen molar-refractivity contribution in [1.29, 1.82) is 0 Å². The van der Waals surface area contributed by atoms with E-state index in [1.54, 1.807) is 14.2 Å². The summed E-state index contributed by atoms with van der Waals surface area (Å²) in [5, 5.41) is 0. The molecule has 0 bridgehead atoms. The Morgan fingerprint density at radius 3 is 0.958 bits per heavy atom. The van der Waals surface area contributed by atoms with Crippen LogP contribution >= 0.6 is 0 Å². The molecule has 0 spiro atoms. The predicted octanol–water partition coefficient (Wildman–Crippen LogP) is -2.04. The van der Waals surface area contributed by atoms with Gasteiger partial charge in [-0.05, 0) is 0 Å². The van der Waals surface area contributed by atoms with Gasteiger partial charge in [-0.2, -0.15) is 0 Å². The zero-order chi connectivity index (χ0) is 16.8. The van der Waals surface area contributed by atoms with Crippen LogP contribution in [0.1, 0.15) is 0 Å². The molecular weight excluding hydrogens is 526 g/mol. The van der Waals surface area contributed by atoms with Gasteiger partial charge < -0.3 is 0 Å². The van der Waals surface area contributed by atoms with Crippen LogP contribution in [0.2, 0.25) is 0 Å². The van der Waals surface area contributed by atoms with E-state index in [4.69, 9.17) is 9.47 Å². The molecule has 0 N–H and O–H groups in total. The molecule has 0 aromatic heterocycles. The number of halogens is 2. The average Bonchev–Trinajstić information content (AvgIpc) is 2.65. The van der Waals surface area contributed by atoms with Gasteiger partial charge in [-0.15, -0.1) is 0 Å². The van der Waals surface area contributed by atoms with Gasteiger partial charge in [-0.3, -0.25) is 0 Å². The van der Waals surface area contributed by atoms with Gasteiger partial charge in [-0.1, -0.05) is 0 Å². The number of hydrogen-bond acceptors (Lipinski definition) is 2. The summed E-state index contributed by atoms with van der Waals surface area (Å²) in [6.45, 7) is 0. The Kier molecular flexibility index (Phi) is 6.37. The second kappa shape index (κ2) is 8.71. The summed E-state index contributed by atoms with van der Waals surface area (Å²) in [4.78, 5) is 0. The van der Waals surface area contributed by atoms with E-state index in [0.29, 0.717) is 0 Å². The molecule has 24 heavy (non-hydrogen) atoms. The van der Waals surface area contributed by atoms with Crippen molar-refractivity contribution in [2.45, 2.75) is 0 Å². The molecule has 0 unspecified atom stereocenters. The summed E-state index contributed by atoms with van der Waals surface area (Å²) in [5.41, 5.74) is 0. The van der Waals surface area contributed by atoms with Gasteiger partial charge in [-0.25, -0.2) is 0 Å². The van der Waals surface area contributed by atoms with Crippen molar-refractivity contribution in [1.82, 2.24) is 0 Å². The molecule has 0 saturated carbocycles. The molecule has 0 amide bonds. The van der Waals surface area contributed by atoms with Crippen molar-refractivity contribution in [3.8, 4) is 11.5 Å². The van der Waals surface area contributed by atoms with Crippen molar-refractivity contribution < 1.29 is 51.9 Å². The van der Waals surface area contributed by atoms with E-state index in [-0.39, 0.29) is 42.4 Å². The number of rotatable bonds is 6.